The van der Waals surface area contributed by atoms with Crippen molar-refractivity contribution >= 4 is 15.5 Å². The third kappa shape index (κ3) is 2.98. The Morgan fingerprint density at radius 3 is 2.70 bits per heavy atom. The Bertz CT molecular complexity index is 665. The molecule has 1 fully saturated rings. The summed E-state index contributed by atoms with van der Waals surface area (Å²) in [5.74, 6) is 0.536. The lowest BCUT2D eigenvalue weighted by Crippen LogP contribution is -2.34. The van der Waals surface area contributed by atoms with Crippen molar-refractivity contribution in [3.8, 4) is 5.69 Å². The van der Waals surface area contributed by atoms with Gasteiger partial charge in [0.25, 0.3) is 0 Å². The fourth-order valence-electron chi connectivity index (χ4n) is 2.42. The SMILES string of the molecule is O=S1(=O)CCCC(Nc2ccc(-n3cncn3)cc2)C1. The van der Waals surface area contributed by atoms with Gasteiger partial charge in [0.2, 0.25) is 0 Å². The number of benzene rings is 1. The smallest absolute Gasteiger partial charge is 0.152 e. The zero-order valence-electron chi connectivity index (χ0n) is 10.9. The average Bonchev–Trinajstić information content (AvgIpc) is 2.92. The molecule has 1 saturated heterocycles. The van der Waals surface area contributed by atoms with Crippen LogP contribution < -0.4 is 5.32 Å². The van der Waals surface area contributed by atoms with Gasteiger partial charge in [-0.25, -0.2) is 18.1 Å². The molecule has 0 radical (unpaired) electrons. The number of nitrogens with zero attached hydrogens (tertiary/aromatic N) is 3. The molecule has 1 aliphatic rings. The van der Waals surface area contributed by atoms with E-state index in [0.717, 1.165) is 24.2 Å². The van der Waals surface area contributed by atoms with E-state index in [-0.39, 0.29) is 11.8 Å². The molecule has 1 atom stereocenters. The van der Waals surface area contributed by atoms with Crippen molar-refractivity contribution in [3.05, 3.63) is 36.9 Å². The van der Waals surface area contributed by atoms with Gasteiger partial charge < -0.3 is 5.32 Å². The predicted octanol–water partition coefficient (Wildman–Crippen LogP) is 1.26. The van der Waals surface area contributed by atoms with Crippen LogP contribution in [0.3, 0.4) is 0 Å². The van der Waals surface area contributed by atoms with Crippen LogP contribution in [0.4, 0.5) is 5.69 Å². The van der Waals surface area contributed by atoms with Crippen LogP contribution in [-0.2, 0) is 9.84 Å². The molecule has 0 aliphatic carbocycles. The zero-order chi connectivity index (χ0) is 14.0. The topological polar surface area (TPSA) is 76.9 Å². The van der Waals surface area contributed by atoms with Crippen LogP contribution >= 0.6 is 0 Å². The largest absolute Gasteiger partial charge is 0.381 e. The lowest BCUT2D eigenvalue weighted by molar-refractivity contribution is 0.562. The van der Waals surface area contributed by atoms with E-state index >= 15 is 0 Å². The number of hydrogen-bond donors (Lipinski definition) is 1. The van der Waals surface area contributed by atoms with Gasteiger partial charge in [0.05, 0.1) is 17.2 Å². The van der Waals surface area contributed by atoms with Crippen LogP contribution in [0.2, 0.25) is 0 Å². The molecule has 0 amide bonds. The quantitative estimate of drug-likeness (QED) is 0.921. The van der Waals surface area contributed by atoms with E-state index in [4.69, 9.17) is 0 Å². The fourth-order valence-corrected chi connectivity index (χ4v) is 4.06. The van der Waals surface area contributed by atoms with E-state index in [1.807, 2.05) is 24.3 Å². The Morgan fingerprint density at radius 1 is 1.25 bits per heavy atom. The summed E-state index contributed by atoms with van der Waals surface area (Å²) in [5, 5.41) is 7.34. The van der Waals surface area contributed by atoms with Gasteiger partial charge in [0.15, 0.2) is 9.84 Å². The van der Waals surface area contributed by atoms with Crippen LogP contribution in [-0.4, -0.2) is 40.7 Å². The molecular weight excluding hydrogens is 276 g/mol. The normalized spacial score (nSPS) is 21.5. The monoisotopic (exact) mass is 292 g/mol. The van der Waals surface area contributed by atoms with Crippen molar-refractivity contribution in [3.63, 3.8) is 0 Å². The van der Waals surface area contributed by atoms with Crippen LogP contribution in [0.25, 0.3) is 5.69 Å². The standard InChI is InChI=1S/C13H16N4O2S/c18-20(19)7-1-2-12(8-20)16-11-3-5-13(6-4-11)17-10-14-9-15-17/h3-6,9-10,12,16H,1-2,7-8H2. The molecule has 1 aromatic carbocycles. The number of hydrogen-bond acceptors (Lipinski definition) is 5. The summed E-state index contributed by atoms with van der Waals surface area (Å²) in [6.07, 6.45) is 4.75. The van der Waals surface area contributed by atoms with Crippen LogP contribution in [0, 0.1) is 0 Å². The van der Waals surface area contributed by atoms with E-state index in [1.165, 1.54) is 6.33 Å². The Labute approximate surface area is 117 Å². The zero-order valence-corrected chi connectivity index (χ0v) is 11.8. The maximum atomic E-state index is 11.6. The molecule has 1 N–H and O–H groups in total. The Balaban J connectivity index is 1.69. The minimum absolute atomic E-state index is 0.00553. The van der Waals surface area contributed by atoms with Crippen LogP contribution in [0.5, 0.6) is 0 Å². The Morgan fingerprint density at radius 2 is 2.05 bits per heavy atom. The average molecular weight is 292 g/mol. The molecule has 7 heteroatoms. The number of anilines is 1. The maximum absolute atomic E-state index is 11.6. The molecular formula is C13H16N4O2S. The van der Waals surface area contributed by atoms with E-state index < -0.39 is 9.84 Å². The second kappa shape index (κ2) is 5.24. The molecule has 2 heterocycles. The molecule has 106 valence electrons. The summed E-state index contributed by atoms with van der Waals surface area (Å²) in [6.45, 7) is 0. The number of nitrogens with one attached hydrogen (secondary N) is 1. The van der Waals surface area contributed by atoms with Gasteiger partial charge in [0, 0.05) is 11.7 Å². The van der Waals surface area contributed by atoms with E-state index in [9.17, 15) is 8.42 Å². The van der Waals surface area contributed by atoms with Gasteiger partial charge in [-0.2, -0.15) is 5.10 Å². The van der Waals surface area contributed by atoms with Crippen molar-refractivity contribution in [1.29, 1.82) is 0 Å². The molecule has 1 unspecified atom stereocenters. The summed E-state index contributed by atoms with van der Waals surface area (Å²) in [7, 11) is -2.88. The summed E-state index contributed by atoms with van der Waals surface area (Å²) >= 11 is 0. The second-order valence-electron chi connectivity index (χ2n) is 4.98. The highest BCUT2D eigenvalue weighted by atomic mass is 32.2. The molecule has 2 aromatic rings. The fraction of sp³-hybridized carbons (Fsp3) is 0.385. The van der Waals surface area contributed by atoms with E-state index in [1.54, 1.807) is 11.0 Å². The van der Waals surface area contributed by atoms with Gasteiger partial charge in [0.1, 0.15) is 12.7 Å². The molecule has 6 nitrogen and oxygen atoms in total. The minimum atomic E-state index is -2.88. The van der Waals surface area contributed by atoms with Gasteiger partial charge in [-0.05, 0) is 37.1 Å². The molecule has 3 rings (SSSR count). The van der Waals surface area contributed by atoms with Crippen molar-refractivity contribution in [2.75, 3.05) is 16.8 Å². The van der Waals surface area contributed by atoms with Crippen LogP contribution in [0.15, 0.2) is 36.9 Å². The Hall–Kier alpha value is -1.89. The lowest BCUT2D eigenvalue weighted by Gasteiger charge is -2.24. The highest BCUT2D eigenvalue weighted by Gasteiger charge is 2.24. The molecule has 0 spiro atoms. The van der Waals surface area contributed by atoms with Gasteiger partial charge in [-0.1, -0.05) is 0 Å². The maximum Gasteiger partial charge on any atom is 0.152 e. The summed E-state index contributed by atoms with van der Waals surface area (Å²) in [6, 6.07) is 7.71. The number of sulfone groups is 1. The second-order valence-corrected chi connectivity index (χ2v) is 7.21. The molecule has 0 bridgehead atoms. The molecule has 20 heavy (non-hydrogen) atoms. The van der Waals surface area contributed by atoms with E-state index in [0.29, 0.717) is 5.75 Å². The molecule has 0 saturated carbocycles. The summed E-state index contributed by atoms with van der Waals surface area (Å²) in [4.78, 5) is 3.90. The first-order valence-electron chi connectivity index (χ1n) is 6.54. The Kier molecular flexibility index (Phi) is 3.43. The summed E-state index contributed by atoms with van der Waals surface area (Å²) < 4.78 is 24.9. The van der Waals surface area contributed by atoms with Gasteiger partial charge in [-0.15, -0.1) is 0 Å². The van der Waals surface area contributed by atoms with Crippen LogP contribution in [0.1, 0.15) is 12.8 Å². The first-order chi connectivity index (χ1) is 9.62. The van der Waals surface area contributed by atoms with Crippen molar-refractivity contribution in [2.24, 2.45) is 0 Å². The van der Waals surface area contributed by atoms with Gasteiger partial charge >= 0.3 is 0 Å². The first kappa shape index (κ1) is 13.1. The van der Waals surface area contributed by atoms with Crippen molar-refractivity contribution in [1.82, 2.24) is 14.8 Å². The predicted molar refractivity (Wildman–Crippen MR) is 76.7 cm³/mol. The van der Waals surface area contributed by atoms with Crippen molar-refractivity contribution in [2.45, 2.75) is 18.9 Å². The number of aromatic nitrogens is 3. The highest BCUT2D eigenvalue weighted by molar-refractivity contribution is 7.91. The third-order valence-corrected chi connectivity index (χ3v) is 5.21. The highest BCUT2D eigenvalue weighted by Crippen LogP contribution is 2.18. The third-order valence-electron chi connectivity index (χ3n) is 3.38. The minimum Gasteiger partial charge on any atom is -0.381 e. The van der Waals surface area contributed by atoms with E-state index in [2.05, 4.69) is 15.4 Å². The molecule has 1 aromatic heterocycles. The number of rotatable bonds is 3. The lowest BCUT2D eigenvalue weighted by atomic mass is 10.1. The van der Waals surface area contributed by atoms with Crippen molar-refractivity contribution < 1.29 is 8.42 Å². The summed E-state index contributed by atoms with van der Waals surface area (Å²) in [5.41, 5.74) is 1.85. The molecule has 1 aliphatic heterocycles. The van der Waals surface area contributed by atoms with Gasteiger partial charge in [-0.3, -0.25) is 0 Å². The first-order valence-corrected chi connectivity index (χ1v) is 8.36.